The van der Waals surface area contributed by atoms with Crippen molar-refractivity contribution in [2.75, 3.05) is 0 Å². The van der Waals surface area contributed by atoms with E-state index < -0.39 is 0 Å². The fourth-order valence-electron chi connectivity index (χ4n) is 1.37. The molecule has 0 aliphatic heterocycles. The van der Waals surface area contributed by atoms with Gasteiger partial charge in [0.15, 0.2) is 0 Å². The van der Waals surface area contributed by atoms with Gasteiger partial charge in [0.25, 0.3) is 0 Å². The Bertz CT molecular complexity index is 281. The van der Waals surface area contributed by atoms with Gasteiger partial charge < -0.3 is 10.8 Å². The number of phenols is 1. The smallest absolute Gasteiger partial charge is 0.118 e. The van der Waals surface area contributed by atoms with Crippen LogP contribution in [0.2, 0.25) is 0 Å². The highest BCUT2D eigenvalue weighted by atomic mass is 16.3. The Hall–Kier alpha value is -1.02. The van der Waals surface area contributed by atoms with Gasteiger partial charge in [-0.1, -0.05) is 19.1 Å². The molecule has 72 valence electrons. The third-order valence-electron chi connectivity index (χ3n) is 2.09. The first-order valence-electron chi connectivity index (χ1n) is 4.69. The fraction of sp³-hybridized carbons (Fsp3) is 0.455. The molecule has 0 saturated carbocycles. The number of aryl methyl sites for hydroxylation is 1. The Morgan fingerprint density at radius 3 is 2.69 bits per heavy atom. The molecule has 2 nitrogen and oxygen atoms in total. The first-order valence-corrected chi connectivity index (χ1v) is 4.69. The average molecular weight is 179 g/mol. The monoisotopic (exact) mass is 179 g/mol. The van der Waals surface area contributed by atoms with Crippen LogP contribution in [0.3, 0.4) is 0 Å². The Kier molecular flexibility index (Phi) is 3.32. The summed E-state index contributed by atoms with van der Waals surface area (Å²) in [5, 5.41) is 9.52. The van der Waals surface area contributed by atoms with Crippen molar-refractivity contribution in [3.63, 3.8) is 0 Å². The van der Waals surface area contributed by atoms with Crippen LogP contribution >= 0.6 is 0 Å². The molecule has 2 heteroatoms. The first-order chi connectivity index (χ1) is 6.13. The Balaban J connectivity index is 2.90. The minimum Gasteiger partial charge on any atom is -0.508 e. The summed E-state index contributed by atoms with van der Waals surface area (Å²) in [6.07, 6.45) is 1.73. The van der Waals surface area contributed by atoms with E-state index >= 15 is 0 Å². The third kappa shape index (κ3) is 2.74. The van der Waals surface area contributed by atoms with Gasteiger partial charge in [-0.15, -0.1) is 0 Å². The molecular formula is C11H17NO. The molecule has 0 radical (unpaired) electrons. The van der Waals surface area contributed by atoms with Gasteiger partial charge in [0.2, 0.25) is 0 Å². The molecule has 1 atom stereocenters. The van der Waals surface area contributed by atoms with E-state index in [0.29, 0.717) is 5.75 Å². The number of hydrogen-bond donors (Lipinski definition) is 2. The second-order valence-corrected chi connectivity index (χ2v) is 3.50. The average Bonchev–Trinajstić information content (AvgIpc) is 2.08. The summed E-state index contributed by atoms with van der Waals surface area (Å²) >= 11 is 0. The van der Waals surface area contributed by atoms with Crippen molar-refractivity contribution in [3.05, 3.63) is 29.3 Å². The molecule has 0 aliphatic rings. The Morgan fingerprint density at radius 2 is 2.15 bits per heavy atom. The highest BCUT2D eigenvalue weighted by molar-refractivity contribution is 5.36. The number of nitrogens with two attached hydrogens (primary N) is 1. The van der Waals surface area contributed by atoms with Crippen molar-refractivity contribution in [2.24, 2.45) is 5.73 Å². The number of aromatic hydroxyl groups is 1. The Labute approximate surface area is 79.4 Å². The highest BCUT2D eigenvalue weighted by Crippen LogP contribution is 2.19. The summed E-state index contributed by atoms with van der Waals surface area (Å²) in [6, 6.07) is 5.81. The van der Waals surface area contributed by atoms with Crippen LogP contribution in [0.15, 0.2) is 18.2 Å². The molecular weight excluding hydrogens is 162 g/mol. The minimum absolute atomic E-state index is 0.0954. The van der Waals surface area contributed by atoms with E-state index in [1.54, 1.807) is 6.07 Å². The van der Waals surface area contributed by atoms with Crippen LogP contribution in [0.5, 0.6) is 5.75 Å². The van der Waals surface area contributed by atoms with Gasteiger partial charge in [0.05, 0.1) is 0 Å². The van der Waals surface area contributed by atoms with Gasteiger partial charge in [0.1, 0.15) is 5.75 Å². The van der Waals surface area contributed by atoms with Crippen LogP contribution in [-0.4, -0.2) is 11.1 Å². The van der Waals surface area contributed by atoms with Gasteiger partial charge in [-0.2, -0.15) is 0 Å². The Morgan fingerprint density at radius 1 is 1.46 bits per heavy atom. The quantitative estimate of drug-likeness (QED) is 0.743. The van der Waals surface area contributed by atoms with Crippen molar-refractivity contribution in [3.8, 4) is 5.75 Å². The molecule has 13 heavy (non-hydrogen) atoms. The molecule has 0 heterocycles. The second kappa shape index (κ2) is 4.28. The third-order valence-corrected chi connectivity index (χ3v) is 2.09. The summed E-state index contributed by atoms with van der Waals surface area (Å²) in [7, 11) is 0. The molecule has 0 saturated heterocycles. The van der Waals surface area contributed by atoms with Gasteiger partial charge in [-0.3, -0.25) is 0 Å². The van der Waals surface area contributed by atoms with Crippen LogP contribution in [0.4, 0.5) is 0 Å². The molecule has 0 amide bonds. The molecule has 1 rings (SSSR count). The maximum absolute atomic E-state index is 9.52. The zero-order valence-electron chi connectivity index (χ0n) is 8.25. The zero-order chi connectivity index (χ0) is 9.84. The van der Waals surface area contributed by atoms with E-state index in [4.69, 9.17) is 5.73 Å². The van der Waals surface area contributed by atoms with E-state index in [2.05, 4.69) is 6.92 Å². The largest absolute Gasteiger partial charge is 0.508 e. The lowest BCUT2D eigenvalue weighted by molar-refractivity contribution is 0.465. The first kappa shape index (κ1) is 10.1. The van der Waals surface area contributed by atoms with Crippen molar-refractivity contribution >= 4 is 0 Å². The minimum atomic E-state index is 0.0954. The summed E-state index contributed by atoms with van der Waals surface area (Å²) in [5.74, 6) is 0.356. The van der Waals surface area contributed by atoms with Gasteiger partial charge >= 0.3 is 0 Å². The molecule has 0 aliphatic carbocycles. The predicted molar refractivity (Wildman–Crippen MR) is 54.8 cm³/mol. The van der Waals surface area contributed by atoms with E-state index in [1.807, 2.05) is 19.1 Å². The van der Waals surface area contributed by atoms with E-state index in [1.165, 1.54) is 5.56 Å². The maximum atomic E-state index is 9.52. The topological polar surface area (TPSA) is 46.2 Å². The second-order valence-electron chi connectivity index (χ2n) is 3.50. The van der Waals surface area contributed by atoms with Crippen molar-refractivity contribution in [1.29, 1.82) is 0 Å². The normalized spacial score (nSPS) is 12.8. The molecule has 0 bridgehead atoms. The molecule has 0 spiro atoms. The van der Waals surface area contributed by atoms with Crippen LogP contribution in [0, 0.1) is 0 Å². The standard InChI is InChI=1S/C11H17NO/c1-3-9-4-5-11(13)10(7-9)6-8(2)12/h4-5,7-8,13H,3,6,12H2,1-2H3. The van der Waals surface area contributed by atoms with Crippen LogP contribution in [0.25, 0.3) is 0 Å². The molecule has 1 aromatic carbocycles. The summed E-state index contributed by atoms with van der Waals surface area (Å²) in [6.45, 7) is 4.04. The number of benzene rings is 1. The molecule has 0 fully saturated rings. The summed E-state index contributed by atoms with van der Waals surface area (Å²) in [5.41, 5.74) is 7.87. The fourth-order valence-corrected chi connectivity index (χ4v) is 1.37. The summed E-state index contributed by atoms with van der Waals surface area (Å²) < 4.78 is 0. The lowest BCUT2D eigenvalue weighted by Crippen LogP contribution is -2.17. The van der Waals surface area contributed by atoms with E-state index in [9.17, 15) is 5.11 Å². The van der Waals surface area contributed by atoms with Crippen molar-refractivity contribution in [2.45, 2.75) is 32.7 Å². The SMILES string of the molecule is CCc1ccc(O)c(CC(C)N)c1. The lowest BCUT2D eigenvalue weighted by atomic mass is 10.0. The van der Waals surface area contributed by atoms with E-state index in [-0.39, 0.29) is 6.04 Å². The van der Waals surface area contributed by atoms with Gasteiger partial charge in [-0.25, -0.2) is 0 Å². The molecule has 1 unspecified atom stereocenters. The number of phenolic OH excluding ortho intramolecular Hbond substituents is 1. The maximum Gasteiger partial charge on any atom is 0.118 e. The van der Waals surface area contributed by atoms with Gasteiger partial charge in [0, 0.05) is 6.04 Å². The summed E-state index contributed by atoms with van der Waals surface area (Å²) in [4.78, 5) is 0. The predicted octanol–water partition coefficient (Wildman–Crippen LogP) is 1.84. The highest BCUT2D eigenvalue weighted by Gasteiger charge is 2.04. The lowest BCUT2D eigenvalue weighted by Gasteiger charge is -2.08. The molecule has 3 N–H and O–H groups in total. The van der Waals surface area contributed by atoms with E-state index in [0.717, 1.165) is 18.4 Å². The molecule has 0 aromatic heterocycles. The van der Waals surface area contributed by atoms with Crippen LogP contribution < -0.4 is 5.73 Å². The van der Waals surface area contributed by atoms with Crippen molar-refractivity contribution < 1.29 is 5.11 Å². The number of rotatable bonds is 3. The van der Waals surface area contributed by atoms with Crippen molar-refractivity contribution in [1.82, 2.24) is 0 Å². The van der Waals surface area contributed by atoms with Gasteiger partial charge in [-0.05, 0) is 37.0 Å². The zero-order valence-corrected chi connectivity index (χ0v) is 8.25. The van der Waals surface area contributed by atoms with Crippen LogP contribution in [-0.2, 0) is 12.8 Å². The van der Waals surface area contributed by atoms with Crippen LogP contribution in [0.1, 0.15) is 25.0 Å². The molecule has 1 aromatic rings. The number of hydrogen-bond acceptors (Lipinski definition) is 2.